The van der Waals surface area contributed by atoms with Crippen LogP contribution in [-0.2, 0) is 17.4 Å². The second-order valence-electron chi connectivity index (χ2n) is 2.95. The molecule has 1 aliphatic carbocycles. The molecular formula is C6H11BrFO4P. The van der Waals surface area contributed by atoms with Gasteiger partial charge in [-0.05, 0) is 17.4 Å². The van der Waals surface area contributed by atoms with Crippen LogP contribution >= 0.6 is 24.1 Å². The number of rotatable bonds is 4. The monoisotopic (exact) mass is 276 g/mol. The molecule has 0 amide bonds. The molecule has 0 N–H and O–H groups in total. The van der Waals surface area contributed by atoms with E-state index >= 15 is 0 Å². The molecule has 0 bridgehead atoms. The highest BCUT2D eigenvalue weighted by molar-refractivity contribution is 9.06. The summed E-state index contributed by atoms with van der Waals surface area (Å²) in [6, 6.07) is 0. The molecule has 0 aromatic rings. The minimum absolute atomic E-state index is 0.229. The SMILES string of the molecule is O=P(OF)(OBr)OC1CCCCC1. The summed E-state index contributed by atoms with van der Waals surface area (Å²) in [6.45, 7) is 0. The van der Waals surface area contributed by atoms with Crippen molar-refractivity contribution in [3.05, 3.63) is 0 Å². The van der Waals surface area contributed by atoms with Crippen molar-refractivity contribution in [2.24, 2.45) is 0 Å². The molecule has 0 aromatic carbocycles. The van der Waals surface area contributed by atoms with Gasteiger partial charge in [0.15, 0.2) is 0 Å². The predicted molar refractivity (Wildman–Crippen MR) is 47.8 cm³/mol. The molecule has 1 atom stereocenters. The van der Waals surface area contributed by atoms with Gasteiger partial charge in [-0.15, -0.1) is 0 Å². The Morgan fingerprint density at radius 2 is 1.92 bits per heavy atom. The number of hydrogen-bond donors (Lipinski definition) is 0. The fourth-order valence-corrected chi connectivity index (χ4v) is 2.40. The van der Waals surface area contributed by atoms with E-state index in [-0.39, 0.29) is 6.10 Å². The number of halogens is 2. The van der Waals surface area contributed by atoms with E-state index in [4.69, 9.17) is 4.52 Å². The van der Waals surface area contributed by atoms with E-state index < -0.39 is 7.82 Å². The van der Waals surface area contributed by atoms with Crippen LogP contribution in [0.3, 0.4) is 0 Å². The maximum atomic E-state index is 11.8. The molecule has 13 heavy (non-hydrogen) atoms. The Morgan fingerprint density at radius 1 is 1.31 bits per heavy atom. The van der Waals surface area contributed by atoms with Gasteiger partial charge in [0.25, 0.3) is 0 Å². The third-order valence-corrected chi connectivity index (χ3v) is 3.96. The highest BCUT2D eigenvalue weighted by Gasteiger charge is 2.32. The highest BCUT2D eigenvalue weighted by Crippen LogP contribution is 2.53. The molecule has 0 spiro atoms. The third-order valence-electron chi connectivity index (χ3n) is 2.00. The zero-order chi connectivity index (χ0) is 9.73. The van der Waals surface area contributed by atoms with E-state index in [0.29, 0.717) is 0 Å². The largest absolute Gasteiger partial charge is 0.517 e. The number of phosphoric acid groups is 1. The molecule has 0 aromatic heterocycles. The second kappa shape index (κ2) is 5.41. The summed E-state index contributed by atoms with van der Waals surface area (Å²) in [7, 11) is -4.00. The molecule has 78 valence electrons. The Hall–Kier alpha value is 0.520. The van der Waals surface area contributed by atoms with Gasteiger partial charge in [-0.3, -0.25) is 4.52 Å². The molecular weight excluding hydrogens is 266 g/mol. The van der Waals surface area contributed by atoms with E-state index in [1.165, 1.54) is 0 Å². The van der Waals surface area contributed by atoms with E-state index in [1.54, 1.807) is 0 Å². The first-order valence-corrected chi connectivity index (χ1v) is 6.20. The lowest BCUT2D eigenvalue weighted by Crippen LogP contribution is -2.15. The van der Waals surface area contributed by atoms with Crippen LogP contribution in [-0.4, -0.2) is 6.10 Å². The first-order chi connectivity index (χ1) is 6.20. The molecule has 1 unspecified atom stereocenters. The summed E-state index contributed by atoms with van der Waals surface area (Å²) in [5.74, 6) is 0. The molecule has 0 saturated heterocycles. The van der Waals surface area contributed by atoms with Crippen molar-refractivity contribution in [3.63, 3.8) is 0 Å². The van der Waals surface area contributed by atoms with Crippen molar-refractivity contribution >= 4 is 24.1 Å². The average Bonchev–Trinajstić information content (AvgIpc) is 2.19. The predicted octanol–water partition coefficient (Wildman–Crippen LogP) is 3.67. The smallest absolute Gasteiger partial charge is 0.281 e. The summed E-state index contributed by atoms with van der Waals surface area (Å²) in [5.41, 5.74) is 0. The van der Waals surface area contributed by atoms with Crippen molar-refractivity contribution in [2.75, 3.05) is 0 Å². The molecule has 1 aliphatic rings. The maximum Gasteiger partial charge on any atom is 0.517 e. The molecule has 0 heterocycles. The quantitative estimate of drug-likeness (QED) is 0.735. The first kappa shape index (κ1) is 11.6. The second-order valence-corrected chi connectivity index (χ2v) is 5.20. The molecule has 1 saturated carbocycles. The van der Waals surface area contributed by atoms with Gasteiger partial charge >= 0.3 is 7.82 Å². The molecule has 0 aliphatic heterocycles. The van der Waals surface area contributed by atoms with Crippen LogP contribution in [0.25, 0.3) is 0 Å². The third kappa shape index (κ3) is 3.64. The minimum atomic E-state index is -4.00. The van der Waals surface area contributed by atoms with Crippen LogP contribution in [0.2, 0.25) is 0 Å². The van der Waals surface area contributed by atoms with E-state index in [9.17, 15) is 9.09 Å². The van der Waals surface area contributed by atoms with Crippen LogP contribution in [0.4, 0.5) is 4.53 Å². The van der Waals surface area contributed by atoms with Gasteiger partial charge in [0, 0.05) is 0 Å². The zero-order valence-corrected chi connectivity index (χ0v) is 9.43. The summed E-state index contributed by atoms with van der Waals surface area (Å²) < 4.78 is 35.0. The fraction of sp³-hybridized carbons (Fsp3) is 1.00. The topological polar surface area (TPSA) is 44.8 Å². The van der Waals surface area contributed by atoms with Gasteiger partial charge in [0.1, 0.15) is 16.3 Å². The highest BCUT2D eigenvalue weighted by atomic mass is 79.9. The van der Waals surface area contributed by atoms with Crippen molar-refractivity contribution < 1.29 is 22.0 Å². The lowest BCUT2D eigenvalue weighted by atomic mass is 9.98. The van der Waals surface area contributed by atoms with Gasteiger partial charge in [0.2, 0.25) is 0 Å². The van der Waals surface area contributed by atoms with E-state index in [1.807, 2.05) is 0 Å². The normalized spacial score (nSPS) is 24.2. The Balaban J connectivity index is 2.40. The van der Waals surface area contributed by atoms with Gasteiger partial charge in [-0.1, -0.05) is 24.0 Å². The van der Waals surface area contributed by atoms with Crippen molar-refractivity contribution in [3.8, 4) is 0 Å². The molecule has 4 nitrogen and oxygen atoms in total. The Kier molecular flexibility index (Phi) is 4.83. The van der Waals surface area contributed by atoms with Crippen LogP contribution < -0.4 is 0 Å². The summed E-state index contributed by atoms with van der Waals surface area (Å²) in [6.07, 6.45) is 4.44. The maximum absolute atomic E-state index is 11.8. The Labute approximate surface area is 84.7 Å². The van der Waals surface area contributed by atoms with Gasteiger partial charge in [0.05, 0.1) is 6.10 Å². The van der Waals surface area contributed by atoms with Crippen molar-refractivity contribution in [1.82, 2.24) is 0 Å². The zero-order valence-electron chi connectivity index (χ0n) is 6.95. The van der Waals surface area contributed by atoms with Crippen molar-refractivity contribution in [1.29, 1.82) is 0 Å². The summed E-state index contributed by atoms with van der Waals surface area (Å²) >= 11 is 2.41. The Morgan fingerprint density at radius 3 is 2.38 bits per heavy atom. The number of hydrogen-bond acceptors (Lipinski definition) is 4. The molecule has 0 radical (unpaired) electrons. The first-order valence-electron chi connectivity index (χ1n) is 4.09. The molecule has 7 heteroatoms. The van der Waals surface area contributed by atoms with Gasteiger partial charge < -0.3 is 0 Å². The van der Waals surface area contributed by atoms with Crippen LogP contribution in [0.1, 0.15) is 32.1 Å². The van der Waals surface area contributed by atoms with Crippen LogP contribution in [0.5, 0.6) is 0 Å². The molecule has 1 fully saturated rings. The van der Waals surface area contributed by atoms with Crippen LogP contribution in [0, 0.1) is 0 Å². The van der Waals surface area contributed by atoms with Crippen LogP contribution in [0.15, 0.2) is 0 Å². The fourth-order valence-electron chi connectivity index (χ4n) is 1.40. The minimum Gasteiger partial charge on any atom is -0.281 e. The lowest BCUT2D eigenvalue weighted by molar-refractivity contribution is -0.0532. The van der Waals surface area contributed by atoms with E-state index in [2.05, 4.69) is 24.6 Å². The summed E-state index contributed by atoms with van der Waals surface area (Å²) in [4.78, 5) is 0. The van der Waals surface area contributed by atoms with Gasteiger partial charge in [-0.2, -0.15) is 0 Å². The average molecular weight is 277 g/mol. The van der Waals surface area contributed by atoms with Gasteiger partial charge in [-0.25, -0.2) is 8.18 Å². The van der Waals surface area contributed by atoms with E-state index in [0.717, 1.165) is 32.1 Å². The summed E-state index contributed by atoms with van der Waals surface area (Å²) in [5, 5.41) is 0. The lowest BCUT2D eigenvalue weighted by Gasteiger charge is -2.22. The Bertz CT molecular complexity index is 189. The standard InChI is InChI=1S/C6H11BrFO4P/c7-11-13(9,12-8)10-6-4-2-1-3-5-6/h6H,1-5H2. The molecule has 1 rings (SSSR count). The van der Waals surface area contributed by atoms with Crippen molar-refractivity contribution in [2.45, 2.75) is 38.2 Å².